The van der Waals surface area contributed by atoms with Gasteiger partial charge in [0.2, 0.25) is 0 Å². The highest BCUT2D eigenvalue weighted by Crippen LogP contribution is 2.35. The van der Waals surface area contributed by atoms with Gasteiger partial charge < -0.3 is 14.5 Å². The molecule has 0 saturated heterocycles. The summed E-state index contributed by atoms with van der Waals surface area (Å²) in [5.41, 5.74) is 3.88. The van der Waals surface area contributed by atoms with E-state index >= 15 is 0 Å². The zero-order valence-electron chi connectivity index (χ0n) is 15.5. The van der Waals surface area contributed by atoms with Gasteiger partial charge in [0.05, 0.1) is 25.6 Å². The van der Waals surface area contributed by atoms with Crippen LogP contribution in [0.4, 0.5) is 0 Å². The van der Waals surface area contributed by atoms with Crippen LogP contribution in [-0.2, 0) is 0 Å². The van der Waals surface area contributed by atoms with Crippen LogP contribution in [0.3, 0.4) is 0 Å². The van der Waals surface area contributed by atoms with Gasteiger partial charge in [-0.3, -0.25) is 0 Å². The number of benzene rings is 2. The van der Waals surface area contributed by atoms with Gasteiger partial charge in [0, 0.05) is 17.3 Å². The molecule has 2 heterocycles. The molecule has 1 N–H and O–H groups in total. The van der Waals surface area contributed by atoms with Gasteiger partial charge in [-0.1, -0.05) is 6.07 Å². The van der Waals surface area contributed by atoms with E-state index < -0.39 is 0 Å². The molecule has 0 amide bonds. The molecule has 0 aliphatic heterocycles. The number of nitrogens with zero attached hydrogens (tertiary/aromatic N) is 2. The van der Waals surface area contributed by atoms with E-state index in [1.165, 1.54) is 11.8 Å². The third-order valence-electron chi connectivity index (χ3n) is 4.26. The molecule has 28 heavy (non-hydrogen) atoms. The molecule has 4 rings (SSSR count). The maximum absolute atomic E-state index is 5.28. The molecule has 0 radical (unpaired) electrons. The van der Waals surface area contributed by atoms with E-state index in [0.29, 0.717) is 0 Å². The van der Waals surface area contributed by atoms with E-state index in [1.807, 2.05) is 66.7 Å². The number of pyridine rings is 1. The predicted octanol–water partition coefficient (Wildman–Crippen LogP) is 5.31. The molecule has 0 aliphatic carbocycles. The molecule has 0 saturated carbocycles. The molecule has 0 spiro atoms. The monoisotopic (exact) mass is 389 g/mol. The average Bonchev–Trinajstić information content (AvgIpc) is 3.18. The van der Waals surface area contributed by atoms with Gasteiger partial charge in [0.15, 0.2) is 5.16 Å². The first-order valence-electron chi connectivity index (χ1n) is 8.74. The summed E-state index contributed by atoms with van der Waals surface area (Å²) >= 11 is 1.50. The number of nitrogens with one attached hydrogen (secondary N) is 1. The Hall–Kier alpha value is -3.25. The molecule has 5 nitrogen and oxygen atoms in total. The summed E-state index contributed by atoms with van der Waals surface area (Å²) in [5, 5.41) is 1.68. The Morgan fingerprint density at radius 1 is 0.786 bits per heavy atom. The summed E-state index contributed by atoms with van der Waals surface area (Å²) in [6, 6.07) is 21.7. The third-order valence-corrected chi connectivity index (χ3v) is 5.10. The first-order chi connectivity index (χ1) is 13.8. The largest absolute Gasteiger partial charge is 0.497 e. The number of aromatic amines is 1. The van der Waals surface area contributed by atoms with E-state index in [9.17, 15) is 0 Å². The van der Waals surface area contributed by atoms with Gasteiger partial charge in [-0.25, -0.2) is 9.97 Å². The number of ether oxygens (including phenoxy) is 2. The summed E-state index contributed by atoms with van der Waals surface area (Å²) in [6.07, 6.45) is 1.78. The van der Waals surface area contributed by atoms with E-state index in [0.717, 1.165) is 44.2 Å². The molecular formula is C22H19N3O2S. The highest BCUT2D eigenvalue weighted by molar-refractivity contribution is 7.99. The Balaban J connectivity index is 1.76. The van der Waals surface area contributed by atoms with Crippen molar-refractivity contribution in [2.45, 2.75) is 10.2 Å². The van der Waals surface area contributed by atoms with Crippen LogP contribution in [0.1, 0.15) is 0 Å². The highest BCUT2D eigenvalue weighted by Gasteiger charge is 2.15. The average molecular weight is 389 g/mol. The normalized spacial score (nSPS) is 10.6. The van der Waals surface area contributed by atoms with Gasteiger partial charge in [-0.05, 0) is 72.4 Å². The van der Waals surface area contributed by atoms with Crippen molar-refractivity contribution in [2.75, 3.05) is 14.2 Å². The molecule has 0 atom stereocenters. The number of aromatic nitrogens is 3. The van der Waals surface area contributed by atoms with Crippen LogP contribution in [0.15, 0.2) is 83.1 Å². The fourth-order valence-corrected chi connectivity index (χ4v) is 3.58. The van der Waals surface area contributed by atoms with E-state index in [1.54, 1.807) is 20.4 Å². The van der Waals surface area contributed by atoms with Crippen LogP contribution in [-0.4, -0.2) is 29.2 Å². The summed E-state index contributed by atoms with van der Waals surface area (Å²) in [7, 11) is 3.32. The lowest BCUT2D eigenvalue weighted by atomic mass is 10.0. The van der Waals surface area contributed by atoms with Crippen LogP contribution in [0.2, 0.25) is 0 Å². The molecule has 0 fully saturated rings. The minimum absolute atomic E-state index is 0.787. The van der Waals surface area contributed by atoms with Crippen molar-refractivity contribution in [2.24, 2.45) is 0 Å². The van der Waals surface area contributed by atoms with Crippen molar-refractivity contribution >= 4 is 11.8 Å². The van der Waals surface area contributed by atoms with Crippen molar-refractivity contribution < 1.29 is 9.47 Å². The zero-order chi connectivity index (χ0) is 19.3. The van der Waals surface area contributed by atoms with Crippen molar-refractivity contribution in [3.63, 3.8) is 0 Å². The Morgan fingerprint density at radius 2 is 1.43 bits per heavy atom. The fourth-order valence-electron chi connectivity index (χ4n) is 2.83. The van der Waals surface area contributed by atoms with Gasteiger partial charge >= 0.3 is 0 Å². The second-order valence-corrected chi connectivity index (χ2v) is 7.00. The van der Waals surface area contributed by atoms with Crippen molar-refractivity contribution in [3.8, 4) is 34.0 Å². The van der Waals surface area contributed by atoms with Crippen LogP contribution < -0.4 is 9.47 Å². The molecule has 0 bridgehead atoms. The second-order valence-electron chi connectivity index (χ2n) is 5.99. The second kappa shape index (κ2) is 8.19. The summed E-state index contributed by atoms with van der Waals surface area (Å²) in [6.45, 7) is 0. The smallest absolute Gasteiger partial charge is 0.172 e. The Morgan fingerprint density at radius 3 is 2.00 bits per heavy atom. The Labute approximate surface area is 167 Å². The Bertz CT molecular complexity index is 981. The number of rotatable bonds is 6. The summed E-state index contributed by atoms with van der Waals surface area (Å²) in [4.78, 5) is 12.7. The zero-order valence-corrected chi connectivity index (χ0v) is 16.4. The molecule has 2 aromatic heterocycles. The van der Waals surface area contributed by atoms with Crippen LogP contribution in [0.5, 0.6) is 11.5 Å². The van der Waals surface area contributed by atoms with Gasteiger partial charge in [0.1, 0.15) is 16.5 Å². The molecule has 0 unspecified atom stereocenters. The molecule has 2 aromatic carbocycles. The number of H-pyrrole nitrogens is 1. The molecular weight excluding hydrogens is 370 g/mol. The van der Waals surface area contributed by atoms with Crippen LogP contribution in [0, 0.1) is 0 Å². The molecule has 4 aromatic rings. The van der Waals surface area contributed by atoms with Crippen LogP contribution in [0.25, 0.3) is 22.5 Å². The van der Waals surface area contributed by atoms with Gasteiger partial charge in [-0.2, -0.15) is 0 Å². The topological polar surface area (TPSA) is 60.0 Å². The Kier molecular flexibility index (Phi) is 5.30. The minimum Gasteiger partial charge on any atom is -0.497 e. The first-order valence-corrected chi connectivity index (χ1v) is 9.56. The number of hydrogen-bond donors (Lipinski definition) is 1. The maximum Gasteiger partial charge on any atom is 0.172 e. The first kappa shape index (κ1) is 18.1. The van der Waals surface area contributed by atoms with E-state index in [4.69, 9.17) is 14.5 Å². The molecule has 0 aliphatic rings. The van der Waals surface area contributed by atoms with Gasteiger partial charge in [-0.15, -0.1) is 0 Å². The number of imidazole rings is 1. The van der Waals surface area contributed by atoms with Crippen molar-refractivity contribution in [1.82, 2.24) is 15.0 Å². The predicted molar refractivity (Wildman–Crippen MR) is 111 cm³/mol. The molecule has 140 valence electrons. The SMILES string of the molecule is COc1ccc(-c2nc(Sc3ccccn3)[nH]c2-c2ccc(OC)cc2)cc1. The number of methoxy groups -OCH3 is 2. The lowest BCUT2D eigenvalue weighted by Gasteiger charge is -2.06. The minimum atomic E-state index is 0.787. The van der Waals surface area contributed by atoms with Crippen LogP contribution >= 0.6 is 11.8 Å². The third kappa shape index (κ3) is 3.87. The standard InChI is InChI=1S/C22H19N3O2S/c1-26-17-10-6-15(7-11-17)20-21(16-8-12-18(27-2)13-9-16)25-22(24-20)28-19-5-3-4-14-23-19/h3-14H,1-2H3,(H,24,25). The van der Waals surface area contributed by atoms with Crippen molar-refractivity contribution in [1.29, 1.82) is 0 Å². The quantitative estimate of drug-likeness (QED) is 0.484. The fraction of sp³-hybridized carbons (Fsp3) is 0.0909. The van der Waals surface area contributed by atoms with Gasteiger partial charge in [0.25, 0.3) is 0 Å². The highest BCUT2D eigenvalue weighted by atomic mass is 32.2. The summed E-state index contributed by atoms with van der Waals surface area (Å²) < 4.78 is 10.6. The lowest BCUT2D eigenvalue weighted by molar-refractivity contribution is 0.414. The molecule has 6 heteroatoms. The van der Waals surface area contributed by atoms with Crippen molar-refractivity contribution in [3.05, 3.63) is 72.9 Å². The lowest BCUT2D eigenvalue weighted by Crippen LogP contribution is -1.87. The summed E-state index contributed by atoms with van der Waals surface area (Å²) in [5.74, 6) is 1.63. The van der Waals surface area contributed by atoms with E-state index in [2.05, 4.69) is 9.97 Å². The van der Waals surface area contributed by atoms with E-state index in [-0.39, 0.29) is 0 Å². The maximum atomic E-state index is 5.28. The number of hydrogen-bond acceptors (Lipinski definition) is 5.